The minimum atomic E-state index is -2.85. The number of nitrogens with zero attached hydrogens (tertiary/aromatic N) is 2. The van der Waals surface area contributed by atoms with Crippen molar-refractivity contribution in [3.63, 3.8) is 0 Å². The number of rotatable bonds is 4. The van der Waals surface area contributed by atoms with Crippen LogP contribution in [0.3, 0.4) is 0 Å². The van der Waals surface area contributed by atoms with Crippen molar-refractivity contribution in [2.24, 2.45) is 5.92 Å². The molecule has 0 amide bonds. The second-order valence-corrected chi connectivity index (χ2v) is 8.72. The maximum absolute atomic E-state index is 11.5. The zero-order valence-corrected chi connectivity index (χ0v) is 19.3. The summed E-state index contributed by atoms with van der Waals surface area (Å²) in [5.41, 5.74) is 11.3. The number of aryl methyl sites for hydroxylation is 1. The number of benzene rings is 1. The number of carbonyl (C=O) groups is 1. The number of phenols is 1. The van der Waals surface area contributed by atoms with Crippen LogP contribution in [-0.4, -0.2) is 48.0 Å². The van der Waals surface area contributed by atoms with Crippen LogP contribution in [-0.2, 0) is 35.6 Å². The number of hydrogen-bond acceptors (Lipinski definition) is 7. The van der Waals surface area contributed by atoms with Gasteiger partial charge < -0.3 is 30.0 Å². The summed E-state index contributed by atoms with van der Waals surface area (Å²) in [6, 6.07) is 5.25. The number of ether oxygens (including phenoxy) is 2. The second kappa shape index (κ2) is 12.6. The number of anilines is 1. The molecule has 0 radical (unpaired) electrons. The van der Waals surface area contributed by atoms with Gasteiger partial charge in [0.25, 0.3) is 0 Å². The van der Waals surface area contributed by atoms with Gasteiger partial charge in [0.15, 0.2) is 0 Å². The number of carbonyl (C=O) groups excluding carboxylic acids is 1. The molecule has 3 aliphatic rings. The van der Waals surface area contributed by atoms with Gasteiger partial charge in [0.2, 0.25) is 0 Å². The van der Waals surface area contributed by atoms with E-state index in [4.69, 9.17) is 20.4 Å². The summed E-state index contributed by atoms with van der Waals surface area (Å²) in [4.78, 5) is 15.3. The number of hydrogen-bond donors (Lipinski definition) is 2. The summed E-state index contributed by atoms with van der Waals surface area (Å²) in [6.45, 7) is 4.39. The SMILES string of the molecule is C=O.Nc1nc2c(c3c1COC3)C[C@@H](CN1CCCCC1)CC2.Oc1cccc(OC(F)F)c1. The first kappa shape index (κ1) is 25.8. The third-order valence-corrected chi connectivity index (χ3v) is 6.42. The Bertz CT molecular complexity index is 939. The van der Waals surface area contributed by atoms with Crippen LogP contribution in [0.5, 0.6) is 11.5 Å². The molecule has 9 heteroatoms. The van der Waals surface area contributed by atoms with Gasteiger partial charge in [-0.25, -0.2) is 4.98 Å². The van der Waals surface area contributed by atoms with Gasteiger partial charge >= 0.3 is 6.61 Å². The fourth-order valence-electron chi connectivity index (χ4n) is 4.88. The van der Waals surface area contributed by atoms with Crippen LogP contribution in [0.25, 0.3) is 0 Å². The highest BCUT2D eigenvalue weighted by atomic mass is 19.3. The molecule has 0 bridgehead atoms. The fraction of sp³-hybridized carbons (Fsp3) is 0.520. The number of aromatic hydroxyl groups is 1. The van der Waals surface area contributed by atoms with Crippen LogP contribution >= 0.6 is 0 Å². The Morgan fingerprint density at radius 3 is 2.62 bits per heavy atom. The van der Waals surface area contributed by atoms with Crippen molar-refractivity contribution < 1.29 is 28.2 Å². The number of fused-ring (bicyclic) bond motifs is 3. The van der Waals surface area contributed by atoms with Gasteiger partial charge in [-0.3, -0.25) is 0 Å². The predicted molar refractivity (Wildman–Crippen MR) is 125 cm³/mol. The number of likely N-dealkylation sites (tertiary alicyclic amines) is 1. The predicted octanol–water partition coefficient (Wildman–Crippen LogP) is 4.09. The molecule has 1 atom stereocenters. The molecule has 1 fully saturated rings. The van der Waals surface area contributed by atoms with E-state index in [2.05, 4.69) is 14.6 Å². The topological polar surface area (TPSA) is 97.9 Å². The number of halogens is 2. The highest BCUT2D eigenvalue weighted by Crippen LogP contribution is 2.35. The lowest BCUT2D eigenvalue weighted by Gasteiger charge is -2.33. The highest BCUT2D eigenvalue weighted by Gasteiger charge is 2.29. The molecule has 1 saturated heterocycles. The molecule has 1 aliphatic carbocycles. The normalized spacial score (nSPS) is 19.2. The van der Waals surface area contributed by atoms with E-state index in [9.17, 15) is 8.78 Å². The average Bonchev–Trinajstić information content (AvgIpc) is 3.33. The zero-order valence-electron chi connectivity index (χ0n) is 19.3. The van der Waals surface area contributed by atoms with Gasteiger partial charge in [0.1, 0.15) is 24.1 Å². The van der Waals surface area contributed by atoms with Gasteiger partial charge in [-0.15, -0.1) is 0 Å². The Morgan fingerprint density at radius 2 is 1.91 bits per heavy atom. The maximum Gasteiger partial charge on any atom is 0.387 e. The largest absolute Gasteiger partial charge is 0.508 e. The summed E-state index contributed by atoms with van der Waals surface area (Å²) in [5, 5.41) is 8.80. The molecule has 2 aromatic rings. The molecular weight excluding hydrogens is 444 g/mol. The van der Waals surface area contributed by atoms with Gasteiger partial charge in [-0.05, 0) is 74.4 Å². The Balaban J connectivity index is 0.000000212. The number of piperidine rings is 1. The van der Waals surface area contributed by atoms with Crippen LogP contribution < -0.4 is 10.5 Å². The number of nitrogen functional groups attached to an aromatic ring is 1. The van der Waals surface area contributed by atoms with E-state index >= 15 is 0 Å². The summed E-state index contributed by atoms with van der Waals surface area (Å²) in [5.74, 6) is 1.35. The minimum absolute atomic E-state index is 0.0417. The molecule has 1 aromatic heterocycles. The minimum Gasteiger partial charge on any atom is -0.508 e. The number of pyridine rings is 1. The Kier molecular flexibility index (Phi) is 9.59. The first-order valence-electron chi connectivity index (χ1n) is 11.6. The van der Waals surface area contributed by atoms with Gasteiger partial charge in [-0.2, -0.15) is 8.78 Å². The van der Waals surface area contributed by atoms with E-state index in [1.165, 1.54) is 86.8 Å². The molecule has 3 heterocycles. The molecular formula is C25H33F2N3O4. The monoisotopic (exact) mass is 477 g/mol. The third-order valence-electron chi connectivity index (χ3n) is 6.42. The molecule has 7 nitrogen and oxygen atoms in total. The van der Waals surface area contributed by atoms with Crippen LogP contribution in [0, 0.1) is 5.92 Å². The molecule has 1 aromatic carbocycles. The lowest BCUT2D eigenvalue weighted by molar-refractivity contribution is -0.0980. The quantitative estimate of drug-likeness (QED) is 0.684. The van der Waals surface area contributed by atoms with Crippen molar-refractivity contribution in [2.75, 3.05) is 25.4 Å². The first-order valence-corrected chi connectivity index (χ1v) is 11.6. The van der Waals surface area contributed by atoms with Crippen LogP contribution in [0.4, 0.5) is 14.6 Å². The van der Waals surface area contributed by atoms with E-state index in [1.54, 1.807) is 0 Å². The van der Waals surface area contributed by atoms with Crippen molar-refractivity contribution >= 4 is 12.6 Å². The summed E-state index contributed by atoms with van der Waals surface area (Å²) in [7, 11) is 0. The summed E-state index contributed by atoms with van der Waals surface area (Å²) >= 11 is 0. The van der Waals surface area contributed by atoms with E-state index in [0.29, 0.717) is 12.4 Å². The van der Waals surface area contributed by atoms with E-state index in [1.807, 2.05) is 6.79 Å². The van der Waals surface area contributed by atoms with Gasteiger partial charge in [-0.1, -0.05) is 12.5 Å². The lowest BCUT2D eigenvalue weighted by atomic mass is 9.83. The first-order chi connectivity index (χ1) is 16.5. The van der Waals surface area contributed by atoms with Crippen molar-refractivity contribution in [1.82, 2.24) is 9.88 Å². The number of phenolic OH excluding ortho intramolecular Hbond substituents is 1. The molecule has 5 rings (SSSR count). The van der Waals surface area contributed by atoms with E-state index in [-0.39, 0.29) is 11.5 Å². The number of aromatic nitrogens is 1. The molecule has 186 valence electrons. The standard InChI is InChI=1S/C17H25N3O.C7H6F2O2.CH2O/c18-17-15-11-21-10-14(15)13-8-12(4-5-16(13)19-17)9-20-6-2-1-3-7-20;8-7(9)11-6-3-1-2-5(10)4-6;1-2/h12H,1-11H2,(H2,18,19);1-4,7,10H;1H2/t12-;;/m0../s1. The molecule has 0 spiro atoms. The summed E-state index contributed by atoms with van der Waals surface area (Å²) in [6.07, 6.45) is 7.69. The van der Waals surface area contributed by atoms with E-state index < -0.39 is 6.61 Å². The maximum atomic E-state index is 11.5. The third kappa shape index (κ3) is 6.87. The van der Waals surface area contributed by atoms with Crippen molar-refractivity contribution in [3.8, 4) is 11.5 Å². The smallest absolute Gasteiger partial charge is 0.387 e. The highest BCUT2D eigenvalue weighted by molar-refractivity contribution is 5.52. The second-order valence-electron chi connectivity index (χ2n) is 8.72. The Morgan fingerprint density at radius 1 is 1.18 bits per heavy atom. The average molecular weight is 478 g/mol. The lowest BCUT2D eigenvalue weighted by Crippen LogP contribution is -2.36. The van der Waals surface area contributed by atoms with Crippen molar-refractivity contribution in [1.29, 1.82) is 0 Å². The van der Waals surface area contributed by atoms with Crippen molar-refractivity contribution in [2.45, 2.75) is 58.4 Å². The van der Waals surface area contributed by atoms with Crippen molar-refractivity contribution in [3.05, 3.63) is 46.6 Å². The molecule has 3 N–H and O–H groups in total. The number of nitrogens with two attached hydrogens (primary N) is 1. The van der Waals surface area contributed by atoms with Crippen LogP contribution in [0.15, 0.2) is 24.3 Å². The van der Waals surface area contributed by atoms with Gasteiger partial charge in [0.05, 0.1) is 13.2 Å². The Hall–Kier alpha value is -2.78. The molecule has 0 saturated carbocycles. The number of alkyl halides is 2. The fourth-order valence-corrected chi connectivity index (χ4v) is 4.88. The molecule has 2 aliphatic heterocycles. The van der Waals surface area contributed by atoms with Gasteiger partial charge in [0, 0.05) is 23.9 Å². The zero-order chi connectivity index (χ0) is 24.5. The van der Waals surface area contributed by atoms with E-state index in [0.717, 1.165) is 30.6 Å². The molecule has 0 unspecified atom stereocenters. The Labute approximate surface area is 198 Å². The van der Waals surface area contributed by atoms with Crippen LogP contribution in [0.2, 0.25) is 0 Å². The molecule has 34 heavy (non-hydrogen) atoms. The summed E-state index contributed by atoms with van der Waals surface area (Å²) < 4.78 is 32.7. The van der Waals surface area contributed by atoms with Crippen LogP contribution in [0.1, 0.15) is 48.1 Å².